The molecular weight excluding hydrogens is 276 g/mol. The van der Waals surface area contributed by atoms with Gasteiger partial charge in [0.1, 0.15) is 16.7 Å². The zero-order valence-corrected chi connectivity index (χ0v) is 12.5. The molecule has 4 nitrogen and oxygen atoms in total. The number of halogens is 1. The predicted octanol–water partition coefficient (Wildman–Crippen LogP) is 3.67. The maximum absolute atomic E-state index is 5.91. The summed E-state index contributed by atoms with van der Waals surface area (Å²) in [6.07, 6.45) is 1.71. The maximum Gasteiger partial charge on any atom is 0.132 e. The molecular formula is C15H17ClN2O2. The third-order valence-corrected chi connectivity index (χ3v) is 3.38. The minimum atomic E-state index is 0.523. The molecule has 106 valence electrons. The quantitative estimate of drug-likeness (QED) is 0.854. The van der Waals surface area contributed by atoms with Crippen molar-refractivity contribution in [2.75, 3.05) is 19.5 Å². The van der Waals surface area contributed by atoms with Crippen LogP contribution in [0.3, 0.4) is 0 Å². The smallest absolute Gasteiger partial charge is 0.132 e. The van der Waals surface area contributed by atoms with Crippen molar-refractivity contribution in [3.8, 4) is 11.5 Å². The van der Waals surface area contributed by atoms with Gasteiger partial charge in [-0.15, -0.1) is 0 Å². The minimum absolute atomic E-state index is 0.523. The van der Waals surface area contributed by atoms with Crippen molar-refractivity contribution in [3.63, 3.8) is 0 Å². The molecule has 0 aliphatic carbocycles. The number of anilines is 1. The highest BCUT2D eigenvalue weighted by molar-refractivity contribution is 6.30. The van der Waals surface area contributed by atoms with Crippen molar-refractivity contribution in [3.05, 3.63) is 46.7 Å². The summed E-state index contributed by atoms with van der Waals surface area (Å²) in [6.45, 7) is 2.54. The van der Waals surface area contributed by atoms with Crippen LogP contribution in [0.15, 0.2) is 30.5 Å². The molecule has 5 heteroatoms. The lowest BCUT2D eigenvalue weighted by Crippen LogP contribution is -2.03. The number of rotatable bonds is 5. The summed E-state index contributed by atoms with van der Waals surface area (Å²) in [5.74, 6) is 1.62. The lowest BCUT2D eigenvalue weighted by molar-refractivity contribution is 0.399. The second kappa shape index (κ2) is 6.48. The van der Waals surface area contributed by atoms with Gasteiger partial charge in [0.05, 0.1) is 26.1 Å². The fourth-order valence-corrected chi connectivity index (χ4v) is 1.98. The maximum atomic E-state index is 5.91. The molecule has 1 aromatic carbocycles. The lowest BCUT2D eigenvalue weighted by atomic mass is 10.2. The van der Waals surface area contributed by atoms with E-state index in [4.69, 9.17) is 21.1 Å². The number of benzene rings is 1. The van der Waals surface area contributed by atoms with Crippen LogP contribution in [0.2, 0.25) is 5.15 Å². The standard InChI is InChI=1S/C15H17ClN2O2/c1-10-6-12(9-18-15(10)16)17-8-11-7-13(19-2)4-5-14(11)20-3/h4-7,9,17H,8H2,1-3H3. The normalized spacial score (nSPS) is 10.2. The first kappa shape index (κ1) is 14.5. The van der Waals surface area contributed by atoms with Crippen LogP contribution >= 0.6 is 11.6 Å². The molecule has 0 aliphatic heterocycles. The summed E-state index contributed by atoms with van der Waals surface area (Å²) in [5, 5.41) is 3.82. The molecule has 1 heterocycles. The molecule has 0 atom stereocenters. The van der Waals surface area contributed by atoms with Gasteiger partial charge in [-0.25, -0.2) is 4.98 Å². The van der Waals surface area contributed by atoms with Crippen molar-refractivity contribution in [2.24, 2.45) is 0 Å². The summed E-state index contributed by atoms with van der Waals surface area (Å²) in [6, 6.07) is 7.67. The molecule has 1 N–H and O–H groups in total. The average Bonchev–Trinajstić information content (AvgIpc) is 2.48. The Bertz CT molecular complexity index is 602. The van der Waals surface area contributed by atoms with E-state index in [1.54, 1.807) is 20.4 Å². The van der Waals surface area contributed by atoms with E-state index >= 15 is 0 Å². The van der Waals surface area contributed by atoms with E-state index in [-0.39, 0.29) is 0 Å². The largest absolute Gasteiger partial charge is 0.497 e. The van der Waals surface area contributed by atoms with Crippen LogP contribution in [0.25, 0.3) is 0 Å². The van der Waals surface area contributed by atoms with Gasteiger partial charge in [-0.1, -0.05) is 11.6 Å². The number of nitrogens with one attached hydrogen (secondary N) is 1. The molecule has 0 spiro atoms. The van der Waals surface area contributed by atoms with Crippen LogP contribution in [0.4, 0.5) is 5.69 Å². The summed E-state index contributed by atoms with van der Waals surface area (Å²) in [4.78, 5) is 4.11. The lowest BCUT2D eigenvalue weighted by Gasteiger charge is -2.12. The number of nitrogens with zero attached hydrogens (tertiary/aromatic N) is 1. The number of hydrogen-bond donors (Lipinski definition) is 1. The monoisotopic (exact) mass is 292 g/mol. The summed E-state index contributed by atoms with van der Waals surface area (Å²) in [7, 11) is 3.30. The van der Waals surface area contributed by atoms with Crippen LogP contribution in [-0.4, -0.2) is 19.2 Å². The number of hydrogen-bond acceptors (Lipinski definition) is 4. The molecule has 1 aromatic heterocycles. The molecule has 0 radical (unpaired) electrons. The zero-order chi connectivity index (χ0) is 14.5. The van der Waals surface area contributed by atoms with Gasteiger partial charge in [-0.3, -0.25) is 0 Å². The number of ether oxygens (including phenoxy) is 2. The molecule has 20 heavy (non-hydrogen) atoms. The Labute approximate surface area is 123 Å². The Kier molecular flexibility index (Phi) is 4.69. The van der Waals surface area contributed by atoms with Crippen molar-refractivity contribution >= 4 is 17.3 Å². The Morgan fingerprint density at radius 2 is 2.00 bits per heavy atom. The van der Waals surface area contributed by atoms with Gasteiger partial charge in [-0.2, -0.15) is 0 Å². The fourth-order valence-electron chi connectivity index (χ4n) is 1.87. The average molecular weight is 293 g/mol. The van der Waals surface area contributed by atoms with E-state index in [9.17, 15) is 0 Å². The molecule has 0 unspecified atom stereocenters. The number of pyridine rings is 1. The third kappa shape index (κ3) is 3.33. The third-order valence-electron chi connectivity index (χ3n) is 2.98. The van der Waals surface area contributed by atoms with Crippen LogP contribution in [0.5, 0.6) is 11.5 Å². The minimum Gasteiger partial charge on any atom is -0.497 e. The van der Waals surface area contributed by atoms with Crippen molar-refractivity contribution in [1.82, 2.24) is 4.98 Å². The SMILES string of the molecule is COc1ccc(OC)c(CNc2cnc(Cl)c(C)c2)c1. The van der Waals surface area contributed by atoms with Crippen molar-refractivity contribution < 1.29 is 9.47 Å². The van der Waals surface area contributed by atoms with E-state index in [0.29, 0.717) is 11.7 Å². The Balaban J connectivity index is 2.15. The Hall–Kier alpha value is -1.94. The highest BCUT2D eigenvalue weighted by atomic mass is 35.5. The molecule has 0 bridgehead atoms. The molecule has 0 saturated carbocycles. The van der Waals surface area contributed by atoms with E-state index < -0.39 is 0 Å². The number of methoxy groups -OCH3 is 2. The van der Waals surface area contributed by atoms with E-state index in [2.05, 4.69) is 10.3 Å². The van der Waals surface area contributed by atoms with Gasteiger partial charge in [0.15, 0.2) is 0 Å². The van der Waals surface area contributed by atoms with Crippen molar-refractivity contribution in [1.29, 1.82) is 0 Å². The molecule has 0 saturated heterocycles. The van der Waals surface area contributed by atoms with E-state index in [1.807, 2.05) is 31.2 Å². The highest BCUT2D eigenvalue weighted by Crippen LogP contribution is 2.25. The van der Waals surface area contributed by atoms with Gasteiger partial charge in [-0.05, 0) is 36.8 Å². The van der Waals surface area contributed by atoms with Crippen molar-refractivity contribution in [2.45, 2.75) is 13.5 Å². The van der Waals surface area contributed by atoms with Gasteiger partial charge in [0, 0.05) is 12.1 Å². The topological polar surface area (TPSA) is 43.4 Å². The van der Waals surface area contributed by atoms with Crippen LogP contribution < -0.4 is 14.8 Å². The molecule has 0 amide bonds. The molecule has 0 fully saturated rings. The predicted molar refractivity (Wildman–Crippen MR) is 80.9 cm³/mol. The molecule has 2 rings (SSSR count). The first-order valence-electron chi connectivity index (χ1n) is 6.21. The van der Waals surface area contributed by atoms with Gasteiger partial charge in [0.2, 0.25) is 0 Å². The number of aromatic nitrogens is 1. The fraction of sp³-hybridized carbons (Fsp3) is 0.267. The first-order chi connectivity index (χ1) is 9.63. The van der Waals surface area contributed by atoms with Crippen LogP contribution in [0.1, 0.15) is 11.1 Å². The number of aryl methyl sites for hydroxylation is 1. The summed E-state index contributed by atoms with van der Waals surface area (Å²) in [5.41, 5.74) is 2.87. The van der Waals surface area contributed by atoms with Gasteiger partial charge in [0.25, 0.3) is 0 Å². The second-order valence-electron chi connectivity index (χ2n) is 4.36. The summed E-state index contributed by atoms with van der Waals surface area (Å²) >= 11 is 5.91. The Morgan fingerprint density at radius 1 is 1.20 bits per heavy atom. The van der Waals surface area contributed by atoms with Crippen LogP contribution in [-0.2, 0) is 6.54 Å². The van der Waals surface area contributed by atoms with Gasteiger partial charge >= 0.3 is 0 Å². The van der Waals surface area contributed by atoms with E-state index in [1.165, 1.54) is 0 Å². The first-order valence-corrected chi connectivity index (χ1v) is 6.58. The summed E-state index contributed by atoms with van der Waals surface area (Å²) < 4.78 is 10.6. The zero-order valence-electron chi connectivity index (χ0n) is 11.7. The van der Waals surface area contributed by atoms with E-state index in [0.717, 1.165) is 28.3 Å². The second-order valence-corrected chi connectivity index (χ2v) is 4.72. The Morgan fingerprint density at radius 3 is 2.65 bits per heavy atom. The highest BCUT2D eigenvalue weighted by Gasteiger charge is 2.06. The molecule has 2 aromatic rings. The van der Waals surface area contributed by atoms with Crippen LogP contribution in [0, 0.1) is 6.92 Å². The van der Waals surface area contributed by atoms with Gasteiger partial charge < -0.3 is 14.8 Å². The molecule has 0 aliphatic rings.